The van der Waals surface area contributed by atoms with Crippen LogP contribution in [0.25, 0.3) is 0 Å². The zero-order valence-electron chi connectivity index (χ0n) is 13.1. The second-order valence-electron chi connectivity index (χ2n) is 5.01. The lowest BCUT2D eigenvalue weighted by Crippen LogP contribution is -2.44. The van der Waals surface area contributed by atoms with Gasteiger partial charge < -0.3 is 14.7 Å². The molecule has 1 aromatic heterocycles. The first-order valence-corrected chi connectivity index (χ1v) is 9.07. The number of aryl methyl sites for hydroxylation is 2. The summed E-state index contributed by atoms with van der Waals surface area (Å²) in [6.45, 7) is 6.01. The van der Waals surface area contributed by atoms with Crippen LogP contribution >= 0.6 is 11.3 Å². The number of carboxylic acids is 1. The molecular formula is C14H21NO5S2. The number of carboxylic acid groups (broad SMARTS) is 1. The predicted octanol–water partition coefficient (Wildman–Crippen LogP) is 1.57. The lowest BCUT2D eigenvalue weighted by atomic mass is 10.2. The number of rotatable bonds is 8. The molecule has 0 aliphatic carbocycles. The number of hydrogen-bond donors (Lipinski definition) is 1. The summed E-state index contributed by atoms with van der Waals surface area (Å²) in [6, 6.07) is -0.230. The molecule has 0 aromatic carbocycles. The second-order valence-corrected chi connectivity index (χ2v) is 7.55. The number of carbonyl (C=O) groups is 2. The van der Waals surface area contributed by atoms with Crippen LogP contribution in [0.1, 0.15) is 17.4 Å². The van der Waals surface area contributed by atoms with Crippen LogP contribution in [-0.2, 0) is 25.1 Å². The van der Waals surface area contributed by atoms with Crippen LogP contribution in [0.4, 0.5) is 5.69 Å². The van der Waals surface area contributed by atoms with E-state index in [1.807, 2.05) is 26.2 Å². The summed E-state index contributed by atoms with van der Waals surface area (Å²) in [5.41, 5.74) is 1.76. The number of carbonyl (C=O) groups excluding carboxylic acids is 1. The normalized spacial score (nSPS) is 13.6. The van der Waals surface area contributed by atoms with Gasteiger partial charge in [-0.15, -0.1) is 11.3 Å². The second kappa shape index (κ2) is 8.40. The van der Waals surface area contributed by atoms with Gasteiger partial charge >= 0.3 is 5.97 Å². The molecule has 0 saturated carbocycles. The van der Waals surface area contributed by atoms with E-state index in [0.717, 1.165) is 16.1 Å². The Kier molecular flexibility index (Phi) is 7.18. The van der Waals surface area contributed by atoms with Crippen molar-refractivity contribution in [3.63, 3.8) is 0 Å². The molecule has 1 rings (SSSR count). The minimum atomic E-state index is -1.72. The van der Waals surface area contributed by atoms with E-state index >= 15 is 0 Å². The Balaban J connectivity index is 3.03. The molecule has 1 amide bonds. The molecule has 0 saturated heterocycles. The van der Waals surface area contributed by atoms with Gasteiger partial charge in [0.05, 0.1) is 18.3 Å². The summed E-state index contributed by atoms with van der Waals surface area (Å²) in [7, 11) is -0.174. The van der Waals surface area contributed by atoms with E-state index in [-0.39, 0.29) is 17.7 Å². The first-order chi connectivity index (χ1) is 10.3. The van der Waals surface area contributed by atoms with Crippen molar-refractivity contribution in [2.45, 2.75) is 26.8 Å². The zero-order chi connectivity index (χ0) is 16.9. The minimum Gasteiger partial charge on any atom is -0.481 e. The Labute approximate surface area is 136 Å². The van der Waals surface area contributed by atoms with E-state index in [1.54, 1.807) is 12.0 Å². The Morgan fingerprint density at radius 1 is 1.41 bits per heavy atom. The van der Waals surface area contributed by atoms with Crippen molar-refractivity contribution in [3.05, 3.63) is 15.8 Å². The maximum atomic E-state index is 12.5. The number of aliphatic carboxylic acids is 1. The van der Waals surface area contributed by atoms with E-state index in [2.05, 4.69) is 0 Å². The highest BCUT2D eigenvalue weighted by Crippen LogP contribution is 2.32. The molecule has 6 nitrogen and oxygen atoms in total. The Hall–Kier alpha value is -1.25. The van der Waals surface area contributed by atoms with Crippen molar-refractivity contribution < 1.29 is 23.6 Å². The summed E-state index contributed by atoms with van der Waals surface area (Å²) < 4.78 is 16.9. The molecule has 0 fully saturated rings. The highest BCUT2D eigenvalue weighted by molar-refractivity contribution is 7.86. The fraction of sp³-hybridized carbons (Fsp3) is 0.571. The van der Waals surface area contributed by atoms with Gasteiger partial charge in [0.25, 0.3) is 0 Å². The van der Waals surface area contributed by atoms with Crippen LogP contribution < -0.4 is 4.90 Å². The van der Waals surface area contributed by atoms with Crippen molar-refractivity contribution in [2.75, 3.05) is 30.1 Å². The number of ether oxygens (including phenoxy) is 1. The zero-order valence-corrected chi connectivity index (χ0v) is 14.8. The molecule has 1 heterocycles. The Morgan fingerprint density at radius 3 is 2.50 bits per heavy atom. The fourth-order valence-corrected chi connectivity index (χ4v) is 3.86. The minimum absolute atomic E-state index is 0.230. The Bertz CT molecular complexity index is 550. The summed E-state index contributed by atoms with van der Waals surface area (Å²) in [5.74, 6) is -2.37. The first-order valence-electron chi connectivity index (χ1n) is 6.70. The summed E-state index contributed by atoms with van der Waals surface area (Å²) in [5, 5.41) is 10.6. The monoisotopic (exact) mass is 347 g/mol. The van der Waals surface area contributed by atoms with Gasteiger partial charge in [-0.25, -0.2) is 0 Å². The van der Waals surface area contributed by atoms with E-state index < -0.39 is 22.5 Å². The molecule has 124 valence electrons. The number of nitrogens with zero attached hydrogens (tertiary/aromatic N) is 1. The maximum Gasteiger partial charge on any atom is 0.316 e. The SMILES string of the molecule is COCC(C)N(C(=O)CS(=O)CC(=O)O)c1c(C)csc1C. The van der Waals surface area contributed by atoms with Gasteiger partial charge in [0.15, 0.2) is 0 Å². The third-order valence-corrected chi connectivity index (χ3v) is 5.20. The molecule has 0 aliphatic rings. The number of amides is 1. The smallest absolute Gasteiger partial charge is 0.316 e. The molecule has 0 spiro atoms. The molecule has 1 aromatic rings. The average molecular weight is 347 g/mol. The number of methoxy groups -OCH3 is 1. The van der Waals surface area contributed by atoms with Gasteiger partial charge in [-0.2, -0.15) is 0 Å². The largest absolute Gasteiger partial charge is 0.481 e. The molecule has 0 bridgehead atoms. The summed E-state index contributed by atoms with van der Waals surface area (Å²) in [6.07, 6.45) is 0. The number of thiophene rings is 1. The lowest BCUT2D eigenvalue weighted by Gasteiger charge is -2.29. The molecular weight excluding hydrogens is 326 g/mol. The number of anilines is 1. The van der Waals surface area contributed by atoms with E-state index in [9.17, 15) is 13.8 Å². The standard InChI is InChI=1S/C14H21NO5S2/c1-9-6-21-11(3)14(9)15(10(2)5-20-4)12(16)7-22(19)8-13(17)18/h6,10H,5,7-8H2,1-4H3,(H,17,18). The third kappa shape index (κ3) is 4.89. The van der Waals surface area contributed by atoms with Crippen molar-refractivity contribution >= 4 is 39.7 Å². The van der Waals surface area contributed by atoms with Gasteiger partial charge in [-0.1, -0.05) is 0 Å². The highest BCUT2D eigenvalue weighted by atomic mass is 32.2. The molecule has 1 N–H and O–H groups in total. The van der Waals surface area contributed by atoms with Crippen molar-refractivity contribution in [3.8, 4) is 0 Å². The molecule has 0 radical (unpaired) electrons. The number of hydrogen-bond acceptors (Lipinski definition) is 5. The van der Waals surface area contributed by atoms with Crippen LogP contribution in [0.2, 0.25) is 0 Å². The summed E-state index contributed by atoms with van der Waals surface area (Å²) in [4.78, 5) is 25.7. The molecule has 0 aliphatic heterocycles. The quantitative estimate of drug-likeness (QED) is 0.772. The van der Waals surface area contributed by atoms with Crippen LogP contribution in [0.3, 0.4) is 0 Å². The van der Waals surface area contributed by atoms with Crippen LogP contribution in [0, 0.1) is 13.8 Å². The molecule has 22 heavy (non-hydrogen) atoms. The summed E-state index contributed by atoms with van der Waals surface area (Å²) >= 11 is 1.54. The topological polar surface area (TPSA) is 83.9 Å². The Morgan fingerprint density at radius 2 is 2.05 bits per heavy atom. The third-order valence-electron chi connectivity index (χ3n) is 3.05. The van der Waals surface area contributed by atoms with E-state index in [4.69, 9.17) is 9.84 Å². The van der Waals surface area contributed by atoms with Crippen LogP contribution in [0.5, 0.6) is 0 Å². The first kappa shape index (κ1) is 18.8. The van der Waals surface area contributed by atoms with Gasteiger partial charge in [-0.3, -0.25) is 13.8 Å². The molecule has 2 atom stereocenters. The maximum absolute atomic E-state index is 12.5. The average Bonchev–Trinajstić information content (AvgIpc) is 2.70. The molecule has 2 unspecified atom stereocenters. The van der Waals surface area contributed by atoms with Gasteiger partial charge in [0.1, 0.15) is 11.5 Å². The van der Waals surface area contributed by atoms with Gasteiger partial charge in [0.2, 0.25) is 5.91 Å². The highest BCUT2D eigenvalue weighted by Gasteiger charge is 2.27. The fourth-order valence-electron chi connectivity index (χ4n) is 2.23. The van der Waals surface area contributed by atoms with Gasteiger partial charge in [0, 0.05) is 22.8 Å². The predicted molar refractivity (Wildman–Crippen MR) is 88.1 cm³/mol. The van der Waals surface area contributed by atoms with Crippen molar-refractivity contribution in [1.82, 2.24) is 0 Å². The van der Waals surface area contributed by atoms with Gasteiger partial charge in [-0.05, 0) is 31.7 Å². The van der Waals surface area contributed by atoms with Crippen molar-refractivity contribution in [2.24, 2.45) is 0 Å². The van der Waals surface area contributed by atoms with Crippen molar-refractivity contribution in [1.29, 1.82) is 0 Å². The van der Waals surface area contributed by atoms with E-state index in [0.29, 0.717) is 6.61 Å². The van der Waals surface area contributed by atoms with E-state index in [1.165, 1.54) is 11.3 Å². The lowest BCUT2D eigenvalue weighted by molar-refractivity contribution is -0.133. The van der Waals surface area contributed by atoms with Crippen LogP contribution in [-0.4, -0.2) is 52.5 Å². The van der Waals surface area contributed by atoms with Crippen LogP contribution in [0.15, 0.2) is 5.38 Å². The molecule has 8 heteroatoms.